The van der Waals surface area contributed by atoms with Crippen LogP contribution in [0.2, 0.25) is 0 Å². The monoisotopic (exact) mass is 336 g/mol. The van der Waals surface area contributed by atoms with Crippen LogP contribution in [-0.2, 0) is 23.8 Å². The Hall–Kier alpha value is -0.590. The van der Waals surface area contributed by atoms with Crippen LogP contribution >= 0.6 is 11.6 Å². The van der Waals surface area contributed by atoms with E-state index in [4.69, 9.17) is 11.6 Å². The number of benzene rings is 1. The Kier molecular flexibility index (Phi) is 4.47. The Morgan fingerprint density at radius 3 is 2.05 bits per heavy atom. The maximum absolute atomic E-state index is 12.6. The van der Waals surface area contributed by atoms with Crippen molar-refractivity contribution in [3.8, 4) is 0 Å². The van der Waals surface area contributed by atoms with Gasteiger partial charge in [-0.1, -0.05) is 30.3 Å². The van der Waals surface area contributed by atoms with Gasteiger partial charge in [-0.05, 0) is 24.8 Å². The van der Waals surface area contributed by atoms with Crippen molar-refractivity contribution in [2.45, 2.75) is 23.3 Å². The van der Waals surface area contributed by atoms with Crippen LogP contribution in [0.5, 0.6) is 0 Å². The van der Waals surface area contributed by atoms with Crippen LogP contribution in [0.1, 0.15) is 24.8 Å². The van der Waals surface area contributed by atoms with Gasteiger partial charge in [-0.25, -0.2) is 16.8 Å². The van der Waals surface area contributed by atoms with Crippen molar-refractivity contribution in [3.63, 3.8) is 0 Å². The molecule has 20 heavy (non-hydrogen) atoms. The lowest BCUT2D eigenvalue weighted by atomic mass is 10.1. The minimum absolute atomic E-state index is 0.0190. The molecule has 1 fully saturated rings. The van der Waals surface area contributed by atoms with Gasteiger partial charge in [0.1, 0.15) is 0 Å². The summed E-state index contributed by atoms with van der Waals surface area (Å²) in [6.07, 6.45) is 0.528. The smallest absolute Gasteiger partial charge is 0.198 e. The highest BCUT2D eigenvalue weighted by Crippen LogP contribution is 2.44. The van der Waals surface area contributed by atoms with Gasteiger partial charge in [-0.3, -0.25) is 0 Å². The van der Waals surface area contributed by atoms with E-state index in [9.17, 15) is 16.8 Å². The molecule has 2 rings (SSSR count). The number of halogens is 1. The fraction of sp³-hybridized carbons (Fsp3) is 0.538. The molecule has 4 nitrogen and oxygen atoms in total. The van der Waals surface area contributed by atoms with Gasteiger partial charge < -0.3 is 0 Å². The predicted octanol–water partition coefficient (Wildman–Crippen LogP) is 2.09. The van der Waals surface area contributed by atoms with Gasteiger partial charge in [0.25, 0.3) is 0 Å². The van der Waals surface area contributed by atoms with Gasteiger partial charge in [0.2, 0.25) is 0 Å². The SMILES string of the molecule is O=S1(=O)CCCS(=O)(=O)C1(CCCCl)c1ccccc1. The molecule has 0 amide bonds. The minimum atomic E-state index is -3.76. The first-order chi connectivity index (χ1) is 9.37. The number of sulfone groups is 2. The summed E-state index contributed by atoms with van der Waals surface area (Å²) in [4.78, 5) is 0. The third-order valence-corrected chi connectivity index (χ3v) is 10.0. The van der Waals surface area contributed by atoms with E-state index in [1.165, 1.54) is 0 Å². The van der Waals surface area contributed by atoms with Gasteiger partial charge in [-0.2, -0.15) is 0 Å². The van der Waals surface area contributed by atoms with Crippen molar-refractivity contribution in [3.05, 3.63) is 35.9 Å². The minimum Gasteiger partial charge on any atom is -0.227 e. The lowest BCUT2D eigenvalue weighted by Gasteiger charge is -2.36. The Balaban J connectivity index is 2.72. The molecule has 1 aromatic carbocycles. The van der Waals surface area contributed by atoms with Gasteiger partial charge in [-0.15, -0.1) is 11.6 Å². The van der Waals surface area contributed by atoms with E-state index in [0.717, 1.165) is 0 Å². The Labute approximate surface area is 125 Å². The lowest BCUT2D eigenvalue weighted by Crippen LogP contribution is -2.49. The topological polar surface area (TPSA) is 68.3 Å². The normalized spacial score (nSPS) is 23.2. The van der Waals surface area contributed by atoms with Gasteiger partial charge in [0, 0.05) is 5.88 Å². The van der Waals surface area contributed by atoms with E-state index >= 15 is 0 Å². The Bertz CT molecular complexity index is 632. The first-order valence-corrected chi connectivity index (χ1v) is 10.3. The molecule has 1 aromatic rings. The molecule has 0 atom stereocenters. The zero-order valence-electron chi connectivity index (χ0n) is 11.0. The zero-order valence-corrected chi connectivity index (χ0v) is 13.3. The molecule has 0 radical (unpaired) electrons. The summed E-state index contributed by atoms with van der Waals surface area (Å²) < 4.78 is 48.6. The summed E-state index contributed by atoms with van der Waals surface area (Å²) in [5, 5.41) is 0. The first kappa shape index (κ1) is 15.8. The standard InChI is InChI=1S/C13H17ClO4S2/c14-9-4-8-13(12-6-2-1-3-7-12)19(15,16)10-5-11-20(13,17)18/h1-3,6-7H,4-5,8-11H2. The molecule has 0 aromatic heterocycles. The molecular weight excluding hydrogens is 320 g/mol. The van der Waals surface area contributed by atoms with Crippen molar-refractivity contribution in [2.24, 2.45) is 0 Å². The van der Waals surface area contributed by atoms with Crippen LogP contribution in [0, 0.1) is 0 Å². The highest BCUT2D eigenvalue weighted by atomic mass is 35.5. The molecule has 0 aliphatic carbocycles. The largest absolute Gasteiger partial charge is 0.227 e. The molecule has 7 heteroatoms. The first-order valence-electron chi connectivity index (χ1n) is 6.43. The molecule has 1 saturated heterocycles. The molecule has 0 N–H and O–H groups in total. The zero-order chi connectivity index (χ0) is 14.9. The number of alkyl halides is 1. The van der Waals surface area contributed by atoms with Crippen LogP contribution in [0.15, 0.2) is 30.3 Å². The molecular formula is C13H17ClO4S2. The third-order valence-electron chi connectivity index (χ3n) is 3.68. The summed E-state index contributed by atoms with van der Waals surface area (Å²) in [6, 6.07) is 8.22. The van der Waals surface area contributed by atoms with E-state index in [1.807, 2.05) is 0 Å². The molecule has 1 aliphatic rings. The Morgan fingerprint density at radius 2 is 1.55 bits per heavy atom. The van der Waals surface area contributed by atoms with Crippen LogP contribution in [0.3, 0.4) is 0 Å². The van der Waals surface area contributed by atoms with Crippen molar-refractivity contribution in [1.82, 2.24) is 0 Å². The molecule has 0 bridgehead atoms. The van der Waals surface area contributed by atoms with E-state index in [0.29, 0.717) is 12.0 Å². The summed E-state index contributed by atoms with van der Waals surface area (Å²) in [5.74, 6) is 0.0481. The van der Waals surface area contributed by atoms with Crippen molar-refractivity contribution >= 4 is 31.3 Å². The highest BCUT2D eigenvalue weighted by molar-refractivity contribution is 8.10. The maximum atomic E-state index is 12.6. The summed E-state index contributed by atoms with van der Waals surface area (Å²) in [6.45, 7) is 0. The third kappa shape index (κ3) is 2.38. The molecule has 1 aliphatic heterocycles. The summed E-state index contributed by atoms with van der Waals surface area (Å²) in [5.41, 5.74) is 0.338. The molecule has 0 unspecified atom stereocenters. The predicted molar refractivity (Wildman–Crippen MR) is 80.3 cm³/mol. The molecule has 0 spiro atoms. The maximum Gasteiger partial charge on any atom is 0.198 e. The van der Waals surface area contributed by atoms with Gasteiger partial charge in [0.05, 0.1) is 11.5 Å². The van der Waals surface area contributed by atoms with Crippen molar-refractivity contribution in [2.75, 3.05) is 17.4 Å². The summed E-state index contributed by atoms with van der Waals surface area (Å²) >= 11 is 5.67. The van der Waals surface area contributed by atoms with E-state index in [-0.39, 0.29) is 30.2 Å². The number of hydrogen-bond donors (Lipinski definition) is 0. The van der Waals surface area contributed by atoms with Crippen molar-refractivity contribution < 1.29 is 16.8 Å². The van der Waals surface area contributed by atoms with Gasteiger partial charge in [0.15, 0.2) is 23.8 Å². The summed E-state index contributed by atoms with van der Waals surface area (Å²) in [7, 11) is -7.53. The second kappa shape index (κ2) is 5.66. The average molecular weight is 337 g/mol. The number of hydrogen-bond acceptors (Lipinski definition) is 4. The van der Waals surface area contributed by atoms with Crippen LogP contribution in [0.25, 0.3) is 0 Å². The van der Waals surface area contributed by atoms with Gasteiger partial charge >= 0.3 is 0 Å². The van der Waals surface area contributed by atoms with Crippen LogP contribution < -0.4 is 0 Å². The van der Waals surface area contributed by atoms with E-state index < -0.39 is 23.8 Å². The van der Waals surface area contributed by atoms with E-state index in [2.05, 4.69) is 0 Å². The fourth-order valence-electron chi connectivity index (χ4n) is 2.77. The lowest BCUT2D eigenvalue weighted by molar-refractivity contribution is 0.518. The molecule has 1 heterocycles. The molecule has 0 saturated carbocycles. The van der Waals surface area contributed by atoms with Crippen molar-refractivity contribution in [1.29, 1.82) is 0 Å². The highest BCUT2D eigenvalue weighted by Gasteiger charge is 2.57. The van der Waals surface area contributed by atoms with Crippen LogP contribution in [0.4, 0.5) is 0 Å². The second-order valence-corrected chi connectivity index (χ2v) is 10.2. The Morgan fingerprint density at radius 1 is 1.00 bits per heavy atom. The van der Waals surface area contributed by atoms with E-state index in [1.54, 1.807) is 30.3 Å². The average Bonchev–Trinajstić information content (AvgIpc) is 2.38. The fourth-order valence-corrected chi connectivity index (χ4v) is 8.74. The number of rotatable bonds is 4. The second-order valence-electron chi connectivity index (χ2n) is 4.90. The van der Waals surface area contributed by atoms with Crippen LogP contribution in [-0.4, -0.2) is 34.2 Å². The quantitative estimate of drug-likeness (QED) is 0.789. The molecule has 112 valence electrons.